The van der Waals surface area contributed by atoms with E-state index in [1.807, 2.05) is 0 Å². The van der Waals surface area contributed by atoms with Crippen molar-refractivity contribution in [2.75, 3.05) is 6.61 Å². The molecule has 0 amide bonds. The second-order valence-electron chi connectivity index (χ2n) is 3.26. The lowest BCUT2D eigenvalue weighted by Crippen LogP contribution is -2.16. The lowest BCUT2D eigenvalue weighted by molar-refractivity contribution is -0.386. The number of nitrogens with zero attached hydrogens (tertiary/aromatic N) is 2. The molecule has 6 heteroatoms. The molecular formula is C10H6N2O4. The fourth-order valence-corrected chi connectivity index (χ4v) is 1.55. The van der Waals surface area contributed by atoms with Gasteiger partial charge >= 0.3 is 5.69 Å². The third kappa shape index (κ3) is 1.48. The van der Waals surface area contributed by atoms with Gasteiger partial charge in [0.1, 0.15) is 0 Å². The van der Waals surface area contributed by atoms with Crippen LogP contribution in [0.25, 0.3) is 0 Å². The molecule has 0 unspecified atom stereocenters. The summed E-state index contributed by atoms with van der Waals surface area (Å²) in [6.07, 6.45) is 0.180. The molecule has 16 heavy (non-hydrogen) atoms. The van der Waals surface area contributed by atoms with Crippen LogP contribution in [0.3, 0.4) is 0 Å². The summed E-state index contributed by atoms with van der Waals surface area (Å²) in [5.41, 5.74) is -0.122. The van der Waals surface area contributed by atoms with Crippen molar-refractivity contribution >= 4 is 11.5 Å². The number of carbonyl (C=O) groups excluding carboxylic acids is 1. The molecule has 0 saturated carbocycles. The van der Waals surface area contributed by atoms with Crippen LogP contribution < -0.4 is 4.74 Å². The number of ether oxygens (including phenoxy) is 1. The Balaban J connectivity index is 2.71. The molecular weight excluding hydrogens is 212 g/mol. The molecule has 0 radical (unpaired) electrons. The third-order valence-corrected chi connectivity index (χ3v) is 2.27. The smallest absolute Gasteiger partial charge is 0.313 e. The van der Waals surface area contributed by atoms with E-state index in [4.69, 9.17) is 10.00 Å². The zero-order valence-electron chi connectivity index (χ0n) is 8.10. The molecule has 1 aromatic rings. The second-order valence-corrected chi connectivity index (χ2v) is 3.26. The molecule has 0 fully saturated rings. The molecule has 1 heterocycles. The van der Waals surface area contributed by atoms with Gasteiger partial charge in [0.05, 0.1) is 28.7 Å². The molecule has 0 aromatic heterocycles. The number of ketones is 1. The van der Waals surface area contributed by atoms with Gasteiger partial charge in [-0.25, -0.2) is 0 Å². The van der Waals surface area contributed by atoms with Crippen molar-refractivity contribution in [3.63, 3.8) is 0 Å². The topological polar surface area (TPSA) is 93.2 Å². The van der Waals surface area contributed by atoms with Crippen LogP contribution in [0.15, 0.2) is 12.1 Å². The maximum Gasteiger partial charge on any atom is 0.313 e. The maximum atomic E-state index is 11.5. The minimum atomic E-state index is -0.654. The van der Waals surface area contributed by atoms with Gasteiger partial charge in [-0.1, -0.05) is 0 Å². The molecule has 80 valence electrons. The van der Waals surface area contributed by atoms with E-state index in [9.17, 15) is 14.9 Å². The van der Waals surface area contributed by atoms with E-state index < -0.39 is 4.92 Å². The highest BCUT2D eigenvalue weighted by Gasteiger charge is 2.28. The van der Waals surface area contributed by atoms with Gasteiger partial charge < -0.3 is 4.74 Å². The van der Waals surface area contributed by atoms with Crippen LogP contribution in [-0.4, -0.2) is 17.3 Å². The zero-order valence-corrected chi connectivity index (χ0v) is 8.10. The van der Waals surface area contributed by atoms with Gasteiger partial charge in [0, 0.05) is 12.5 Å². The Hall–Kier alpha value is -2.42. The Bertz CT molecular complexity index is 513. The number of rotatable bonds is 1. The third-order valence-electron chi connectivity index (χ3n) is 2.27. The standard InChI is InChI=1S/C10H6N2O4/c11-5-6-3-7-9(13)1-2-16-10(7)8(4-6)12(14)15/h3-4H,1-2H2. The molecule has 2 rings (SSSR count). The van der Waals surface area contributed by atoms with E-state index in [-0.39, 0.29) is 41.4 Å². The summed E-state index contributed by atoms with van der Waals surface area (Å²) in [7, 11) is 0. The highest BCUT2D eigenvalue weighted by molar-refractivity contribution is 6.01. The van der Waals surface area contributed by atoms with Crippen molar-refractivity contribution < 1.29 is 14.5 Å². The number of nitro benzene ring substituents is 1. The highest BCUT2D eigenvalue weighted by atomic mass is 16.6. The number of hydrogen-bond acceptors (Lipinski definition) is 5. The summed E-state index contributed by atoms with van der Waals surface area (Å²) >= 11 is 0. The highest BCUT2D eigenvalue weighted by Crippen LogP contribution is 2.35. The van der Waals surface area contributed by atoms with Crippen molar-refractivity contribution in [2.45, 2.75) is 6.42 Å². The largest absolute Gasteiger partial charge is 0.486 e. The Morgan fingerprint density at radius 2 is 2.25 bits per heavy atom. The lowest BCUT2D eigenvalue weighted by Gasteiger charge is -2.15. The molecule has 0 bridgehead atoms. The first-order chi connectivity index (χ1) is 7.63. The first-order valence-electron chi connectivity index (χ1n) is 4.52. The molecule has 1 aliphatic rings. The van der Waals surface area contributed by atoms with Crippen molar-refractivity contribution in [1.29, 1.82) is 5.26 Å². The van der Waals surface area contributed by atoms with E-state index in [0.29, 0.717) is 0 Å². The van der Waals surface area contributed by atoms with Gasteiger partial charge in [0.25, 0.3) is 0 Å². The van der Waals surface area contributed by atoms with Gasteiger partial charge in [0.15, 0.2) is 5.78 Å². The summed E-state index contributed by atoms with van der Waals surface area (Å²) in [6, 6.07) is 4.21. The maximum absolute atomic E-state index is 11.5. The lowest BCUT2D eigenvalue weighted by atomic mass is 10.0. The molecule has 0 spiro atoms. The Kier molecular flexibility index (Phi) is 2.29. The first kappa shape index (κ1) is 10.1. The fourth-order valence-electron chi connectivity index (χ4n) is 1.55. The SMILES string of the molecule is N#Cc1cc2c(c([N+](=O)[O-])c1)OCCC2=O. The number of Topliss-reactive ketones (excluding diaryl/α,β-unsaturated/α-hetero) is 1. The molecule has 1 aromatic carbocycles. The van der Waals surface area contributed by atoms with Crippen molar-refractivity contribution in [2.24, 2.45) is 0 Å². The van der Waals surface area contributed by atoms with Crippen LogP contribution in [0.1, 0.15) is 22.3 Å². The summed E-state index contributed by atoms with van der Waals surface area (Å²) < 4.78 is 5.11. The number of benzene rings is 1. The van der Waals surface area contributed by atoms with E-state index in [1.54, 1.807) is 6.07 Å². The fraction of sp³-hybridized carbons (Fsp3) is 0.200. The van der Waals surface area contributed by atoms with Crippen molar-refractivity contribution in [1.82, 2.24) is 0 Å². The predicted molar refractivity (Wildman–Crippen MR) is 52.3 cm³/mol. The van der Waals surface area contributed by atoms with Crippen molar-refractivity contribution in [3.05, 3.63) is 33.4 Å². The van der Waals surface area contributed by atoms with Crippen LogP contribution in [0.2, 0.25) is 0 Å². The number of hydrogen-bond donors (Lipinski definition) is 0. The Morgan fingerprint density at radius 3 is 2.88 bits per heavy atom. The minimum absolute atomic E-state index is 0.0275. The van der Waals surface area contributed by atoms with E-state index in [2.05, 4.69) is 0 Å². The van der Waals surface area contributed by atoms with Gasteiger partial charge in [-0.15, -0.1) is 0 Å². The summed E-state index contributed by atoms with van der Waals surface area (Å²) in [5, 5.41) is 19.5. The average Bonchev–Trinajstić information content (AvgIpc) is 2.28. The zero-order chi connectivity index (χ0) is 11.7. The quantitative estimate of drug-likeness (QED) is 0.525. The Morgan fingerprint density at radius 1 is 1.50 bits per heavy atom. The minimum Gasteiger partial charge on any atom is -0.486 e. The van der Waals surface area contributed by atoms with Gasteiger partial charge in [-0.05, 0) is 6.07 Å². The summed E-state index contributed by atoms with van der Waals surface area (Å²) in [6.45, 7) is 0.137. The molecule has 0 N–H and O–H groups in total. The number of fused-ring (bicyclic) bond motifs is 1. The van der Waals surface area contributed by atoms with Crippen LogP contribution in [0.5, 0.6) is 5.75 Å². The average molecular weight is 218 g/mol. The number of carbonyl (C=O) groups is 1. The summed E-state index contributed by atoms with van der Waals surface area (Å²) in [5.74, 6) is -0.262. The first-order valence-corrected chi connectivity index (χ1v) is 4.52. The van der Waals surface area contributed by atoms with Crippen LogP contribution in [0, 0.1) is 21.4 Å². The Labute approximate surface area is 90.2 Å². The summed E-state index contributed by atoms with van der Waals surface area (Å²) in [4.78, 5) is 21.6. The predicted octanol–water partition coefficient (Wildman–Crippen LogP) is 1.43. The molecule has 0 saturated heterocycles. The normalized spacial score (nSPS) is 13.6. The molecule has 6 nitrogen and oxygen atoms in total. The van der Waals surface area contributed by atoms with Crippen LogP contribution in [-0.2, 0) is 0 Å². The van der Waals surface area contributed by atoms with Gasteiger partial charge in [-0.2, -0.15) is 5.26 Å². The van der Waals surface area contributed by atoms with E-state index >= 15 is 0 Å². The van der Waals surface area contributed by atoms with E-state index in [1.165, 1.54) is 6.07 Å². The number of nitriles is 1. The van der Waals surface area contributed by atoms with Crippen molar-refractivity contribution in [3.8, 4) is 11.8 Å². The van der Waals surface area contributed by atoms with Gasteiger partial charge in [0.2, 0.25) is 5.75 Å². The molecule has 0 aliphatic carbocycles. The van der Waals surface area contributed by atoms with Gasteiger partial charge in [-0.3, -0.25) is 14.9 Å². The molecule has 0 atom stereocenters. The second kappa shape index (κ2) is 3.62. The van der Waals surface area contributed by atoms with Crippen LogP contribution >= 0.6 is 0 Å². The van der Waals surface area contributed by atoms with E-state index in [0.717, 1.165) is 6.07 Å². The van der Waals surface area contributed by atoms with Crippen LogP contribution in [0.4, 0.5) is 5.69 Å². The monoisotopic (exact) mass is 218 g/mol. The number of nitro groups is 1. The molecule has 1 aliphatic heterocycles.